The molecule has 0 saturated carbocycles. The number of ether oxygens (including phenoxy) is 1. The van der Waals surface area contributed by atoms with Crippen molar-refractivity contribution in [2.24, 2.45) is 12.0 Å². The number of carbonyl (C=O) groups excluding carboxylic acids is 1. The smallest absolute Gasteiger partial charge is 0.338 e. The van der Waals surface area contributed by atoms with Gasteiger partial charge in [-0.3, -0.25) is 14.0 Å². The lowest BCUT2D eigenvalue weighted by Gasteiger charge is -2.24. The first-order valence-electron chi connectivity index (χ1n) is 9.36. The van der Waals surface area contributed by atoms with Crippen LogP contribution in [0, 0.1) is 0 Å². The number of hydrogen-bond donors (Lipinski definition) is 1. The summed E-state index contributed by atoms with van der Waals surface area (Å²) in [4.78, 5) is 31.1. The molecule has 8 nitrogen and oxygen atoms in total. The van der Waals surface area contributed by atoms with E-state index in [-0.39, 0.29) is 17.9 Å². The predicted molar refractivity (Wildman–Crippen MR) is 112 cm³/mol. The molecule has 3 aromatic rings. The predicted octanol–water partition coefficient (Wildman–Crippen LogP) is 1.24. The van der Waals surface area contributed by atoms with E-state index in [0.717, 1.165) is 5.56 Å². The van der Waals surface area contributed by atoms with Gasteiger partial charge in [-0.05, 0) is 37.6 Å². The number of aromatic hydroxyl groups is 1. The molecule has 0 fully saturated rings. The zero-order chi connectivity index (χ0) is 21.4. The van der Waals surface area contributed by atoms with Gasteiger partial charge >= 0.3 is 5.97 Å². The number of allylic oxidation sites excluding steroid dienone is 1. The lowest BCUT2D eigenvalue weighted by Crippen LogP contribution is -2.39. The summed E-state index contributed by atoms with van der Waals surface area (Å²) in [6.45, 7) is 3.67. The number of rotatable bonds is 4. The summed E-state index contributed by atoms with van der Waals surface area (Å²) < 4.78 is 8.91. The van der Waals surface area contributed by atoms with Crippen molar-refractivity contribution in [2.75, 3.05) is 6.61 Å². The van der Waals surface area contributed by atoms with Gasteiger partial charge in [0.15, 0.2) is 4.80 Å². The van der Waals surface area contributed by atoms with Gasteiger partial charge < -0.3 is 9.84 Å². The zero-order valence-corrected chi connectivity index (χ0v) is 17.5. The van der Waals surface area contributed by atoms with Crippen LogP contribution in [0.4, 0.5) is 0 Å². The van der Waals surface area contributed by atoms with Crippen LogP contribution in [-0.4, -0.2) is 32.0 Å². The second kappa shape index (κ2) is 7.75. The second-order valence-corrected chi connectivity index (χ2v) is 7.85. The summed E-state index contributed by atoms with van der Waals surface area (Å²) >= 11 is 1.25. The van der Waals surface area contributed by atoms with E-state index in [2.05, 4.69) is 10.1 Å². The van der Waals surface area contributed by atoms with Gasteiger partial charge in [0.1, 0.15) is 5.75 Å². The Labute approximate surface area is 175 Å². The summed E-state index contributed by atoms with van der Waals surface area (Å²) in [6.07, 6.45) is 5.24. The maximum atomic E-state index is 13.3. The molecule has 4 rings (SSSR count). The van der Waals surface area contributed by atoms with Gasteiger partial charge in [0.25, 0.3) is 5.56 Å². The third-order valence-electron chi connectivity index (χ3n) is 4.75. The fourth-order valence-corrected chi connectivity index (χ4v) is 4.48. The largest absolute Gasteiger partial charge is 0.508 e. The van der Waals surface area contributed by atoms with Crippen molar-refractivity contribution >= 4 is 23.4 Å². The number of thiazole rings is 1. The number of esters is 1. The molecule has 0 radical (unpaired) electrons. The molecule has 3 heterocycles. The summed E-state index contributed by atoms with van der Waals surface area (Å²) in [5.41, 5.74) is 2.03. The van der Waals surface area contributed by atoms with Gasteiger partial charge in [0.05, 0.1) is 34.6 Å². The molecular weight excluding hydrogens is 404 g/mol. The number of nitrogens with zero attached hydrogens (tertiary/aromatic N) is 4. The Morgan fingerprint density at radius 2 is 2.07 bits per heavy atom. The SMILES string of the molecule is CCOC(=O)C1=C(C)N=c2s/c(=C/c3cnn(C)c3)c(=O)n2[C@H]1c1ccc(O)cc1. The molecule has 154 valence electrons. The Morgan fingerprint density at radius 1 is 1.33 bits per heavy atom. The quantitative estimate of drug-likeness (QED) is 0.636. The highest BCUT2D eigenvalue weighted by molar-refractivity contribution is 7.07. The monoisotopic (exact) mass is 424 g/mol. The first-order chi connectivity index (χ1) is 14.4. The second-order valence-electron chi connectivity index (χ2n) is 6.84. The first-order valence-corrected chi connectivity index (χ1v) is 10.2. The molecule has 0 spiro atoms. The van der Waals surface area contributed by atoms with Crippen LogP contribution in [0.15, 0.2) is 57.7 Å². The lowest BCUT2D eigenvalue weighted by molar-refractivity contribution is -0.139. The number of benzene rings is 1. The number of aryl methyl sites for hydroxylation is 1. The first kappa shape index (κ1) is 19.8. The van der Waals surface area contributed by atoms with Gasteiger partial charge in [-0.2, -0.15) is 5.10 Å². The third-order valence-corrected chi connectivity index (χ3v) is 5.73. The molecule has 1 N–H and O–H groups in total. The minimum atomic E-state index is -0.697. The fourth-order valence-electron chi connectivity index (χ4n) is 3.43. The zero-order valence-electron chi connectivity index (χ0n) is 16.7. The van der Waals surface area contributed by atoms with Crippen molar-refractivity contribution in [3.8, 4) is 5.75 Å². The minimum absolute atomic E-state index is 0.0983. The summed E-state index contributed by atoms with van der Waals surface area (Å²) in [5.74, 6) is -0.417. The lowest BCUT2D eigenvalue weighted by atomic mass is 9.96. The molecule has 0 unspecified atom stereocenters. The third kappa shape index (κ3) is 3.48. The summed E-state index contributed by atoms with van der Waals surface area (Å²) in [7, 11) is 1.80. The molecular formula is C21H20N4O4S. The molecule has 9 heteroatoms. The van der Waals surface area contributed by atoms with E-state index in [1.165, 1.54) is 28.0 Å². The van der Waals surface area contributed by atoms with Crippen molar-refractivity contribution in [3.63, 3.8) is 0 Å². The van der Waals surface area contributed by atoms with Crippen LogP contribution in [0.2, 0.25) is 0 Å². The Balaban J connectivity index is 1.96. The van der Waals surface area contributed by atoms with Crippen molar-refractivity contribution in [3.05, 3.63) is 78.7 Å². The van der Waals surface area contributed by atoms with Crippen molar-refractivity contribution in [1.29, 1.82) is 0 Å². The topological polar surface area (TPSA) is 98.7 Å². The van der Waals surface area contributed by atoms with Gasteiger partial charge in [0.2, 0.25) is 0 Å². The molecule has 0 aliphatic carbocycles. The van der Waals surface area contributed by atoms with Crippen LogP contribution < -0.4 is 14.9 Å². The molecule has 2 aromatic heterocycles. The Kier molecular flexibility index (Phi) is 5.13. The molecule has 0 amide bonds. The molecule has 30 heavy (non-hydrogen) atoms. The Morgan fingerprint density at radius 3 is 2.70 bits per heavy atom. The minimum Gasteiger partial charge on any atom is -0.508 e. The highest BCUT2D eigenvalue weighted by atomic mass is 32.1. The number of phenols is 1. The molecule has 1 aromatic carbocycles. The van der Waals surface area contributed by atoms with Gasteiger partial charge in [-0.15, -0.1) is 0 Å². The highest BCUT2D eigenvalue weighted by Gasteiger charge is 2.33. The molecule has 1 aliphatic rings. The molecule has 1 aliphatic heterocycles. The molecule has 1 atom stereocenters. The summed E-state index contributed by atoms with van der Waals surface area (Å²) in [5, 5.41) is 13.8. The van der Waals surface area contributed by atoms with Crippen LogP contribution in [0.1, 0.15) is 31.0 Å². The average molecular weight is 424 g/mol. The van der Waals surface area contributed by atoms with Crippen molar-refractivity contribution in [1.82, 2.24) is 14.3 Å². The van der Waals surface area contributed by atoms with E-state index in [1.807, 2.05) is 6.20 Å². The van der Waals surface area contributed by atoms with E-state index in [1.54, 1.807) is 50.0 Å². The highest BCUT2D eigenvalue weighted by Crippen LogP contribution is 2.31. The normalized spacial score (nSPS) is 16.4. The number of hydrogen-bond acceptors (Lipinski definition) is 7. The van der Waals surface area contributed by atoms with Crippen molar-refractivity contribution < 1.29 is 14.6 Å². The van der Waals surface area contributed by atoms with Gasteiger partial charge in [-0.25, -0.2) is 9.79 Å². The average Bonchev–Trinajstić information content (AvgIpc) is 3.24. The van der Waals surface area contributed by atoms with Crippen LogP contribution in [0.25, 0.3) is 6.08 Å². The van der Waals surface area contributed by atoms with E-state index in [9.17, 15) is 14.7 Å². The van der Waals surface area contributed by atoms with Crippen LogP contribution in [0.5, 0.6) is 5.75 Å². The van der Waals surface area contributed by atoms with E-state index >= 15 is 0 Å². The Hall–Kier alpha value is -3.46. The maximum absolute atomic E-state index is 13.3. The summed E-state index contributed by atoms with van der Waals surface area (Å²) in [6, 6.07) is 5.74. The number of fused-ring (bicyclic) bond motifs is 1. The number of phenolic OH excluding ortho intramolecular Hbond substituents is 1. The van der Waals surface area contributed by atoms with Crippen LogP contribution in [-0.2, 0) is 16.6 Å². The van der Waals surface area contributed by atoms with Crippen LogP contribution in [0.3, 0.4) is 0 Å². The molecule has 0 bridgehead atoms. The van der Waals surface area contributed by atoms with E-state index in [4.69, 9.17) is 4.74 Å². The van der Waals surface area contributed by atoms with Gasteiger partial charge in [-0.1, -0.05) is 23.5 Å². The van der Waals surface area contributed by atoms with Gasteiger partial charge in [0, 0.05) is 18.8 Å². The number of aromatic nitrogens is 3. The Bertz CT molecular complexity index is 1330. The van der Waals surface area contributed by atoms with E-state index in [0.29, 0.717) is 26.2 Å². The van der Waals surface area contributed by atoms with E-state index < -0.39 is 12.0 Å². The standard InChI is InChI=1S/C21H20N4O4S/c1-4-29-20(28)17-12(2)23-21-25(18(17)14-5-7-15(26)8-6-14)19(27)16(30-21)9-13-10-22-24(3)11-13/h5-11,18,26H,4H2,1-3H3/b16-9+/t18-/m0/s1. The van der Waals surface area contributed by atoms with Crippen LogP contribution >= 0.6 is 11.3 Å². The fraction of sp³-hybridized carbons (Fsp3) is 0.238. The maximum Gasteiger partial charge on any atom is 0.338 e. The molecule has 0 saturated heterocycles. The number of carbonyl (C=O) groups is 1. The van der Waals surface area contributed by atoms with Crippen molar-refractivity contribution in [2.45, 2.75) is 19.9 Å².